The van der Waals surface area contributed by atoms with Gasteiger partial charge in [-0.3, -0.25) is 0 Å². The summed E-state index contributed by atoms with van der Waals surface area (Å²) in [5.74, 6) is 0.705. The van der Waals surface area contributed by atoms with Crippen LogP contribution in [0.5, 0.6) is 0 Å². The molecule has 1 aliphatic heterocycles. The highest BCUT2D eigenvalue weighted by Crippen LogP contribution is 2.30. The van der Waals surface area contributed by atoms with Gasteiger partial charge in [-0.15, -0.1) is 11.3 Å². The highest BCUT2D eigenvalue weighted by Gasteiger charge is 2.22. The molecule has 2 heterocycles. The topological polar surface area (TPSA) is 28.2 Å². The molecule has 0 radical (unpaired) electrons. The van der Waals surface area contributed by atoms with Crippen LogP contribution in [0.3, 0.4) is 0 Å². The minimum atomic E-state index is 0.516. The molecule has 0 saturated carbocycles. The zero-order valence-corrected chi connectivity index (χ0v) is 12.6. The number of hydrogen-bond acceptors (Lipinski definition) is 4. The maximum atomic E-state index is 4.83. The van der Waals surface area contributed by atoms with Crippen molar-refractivity contribution in [2.75, 3.05) is 26.7 Å². The summed E-state index contributed by atoms with van der Waals surface area (Å²) in [6.45, 7) is 8.13. The standard InChI is InChI=1S/C14H25N3S/c1-4-17-7-5-12(6-8-17)14-16-13(10-18-14)9-11(2)15-3/h10-12,15H,4-9H2,1-3H3. The van der Waals surface area contributed by atoms with Crippen LogP contribution in [0.4, 0.5) is 0 Å². The van der Waals surface area contributed by atoms with Gasteiger partial charge in [-0.1, -0.05) is 6.92 Å². The summed E-state index contributed by atoms with van der Waals surface area (Å²) in [6, 6.07) is 0.516. The van der Waals surface area contributed by atoms with Crippen molar-refractivity contribution >= 4 is 11.3 Å². The second-order valence-corrected chi connectivity index (χ2v) is 6.17. The van der Waals surface area contributed by atoms with Crippen LogP contribution in [0.1, 0.15) is 43.3 Å². The van der Waals surface area contributed by atoms with E-state index in [-0.39, 0.29) is 0 Å². The maximum absolute atomic E-state index is 4.83. The number of nitrogens with one attached hydrogen (secondary N) is 1. The molecule has 0 aromatic carbocycles. The molecule has 0 spiro atoms. The van der Waals surface area contributed by atoms with E-state index in [0.717, 1.165) is 6.42 Å². The Bertz CT molecular complexity index is 356. The zero-order valence-electron chi connectivity index (χ0n) is 11.8. The van der Waals surface area contributed by atoms with Crippen molar-refractivity contribution in [1.82, 2.24) is 15.2 Å². The zero-order chi connectivity index (χ0) is 13.0. The van der Waals surface area contributed by atoms with Crippen LogP contribution in [0, 0.1) is 0 Å². The Morgan fingerprint density at radius 1 is 1.50 bits per heavy atom. The third-order valence-electron chi connectivity index (χ3n) is 3.96. The number of piperidine rings is 1. The molecule has 1 aromatic heterocycles. The lowest BCUT2D eigenvalue weighted by Crippen LogP contribution is -2.32. The van der Waals surface area contributed by atoms with Crippen LogP contribution in [0.15, 0.2) is 5.38 Å². The van der Waals surface area contributed by atoms with Crippen LogP contribution in [0.25, 0.3) is 0 Å². The van der Waals surface area contributed by atoms with Crippen molar-refractivity contribution in [3.63, 3.8) is 0 Å². The van der Waals surface area contributed by atoms with Gasteiger partial charge in [0.25, 0.3) is 0 Å². The Hall–Kier alpha value is -0.450. The fourth-order valence-corrected chi connectivity index (χ4v) is 3.52. The number of nitrogens with zero attached hydrogens (tertiary/aromatic N) is 2. The first-order valence-electron chi connectivity index (χ1n) is 7.06. The van der Waals surface area contributed by atoms with Gasteiger partial charge in [0.05, 0.1) is 10.7 Å². The summed E-state index contributed by atoms with van der Waals surface area (Å²) in [4.78, 5) is 7.37. The molecule has 1 aliphatic rings. The van der Waals surface area contributed by atoms with Gasteiger partial charge in [-0.25, -0.2) is 4.98 Å². The predicted octanol–water partition coefficient (Wildman–Crippen LogP) is 2.49. The van der Waals surface area contributed by atoms with Crippen molar-refractivity contribution in [2.24, 2.45) is 0 Å². The van der Waals surface area contributed by atoms with Crippen LogP contribution < -0.4 is 5.32 Å². The van der Waals surface area contributed by atoms with E-state index >= 15 is 0 Å². The second kappa shape index (κ2) is 6.64. The van der Waals surface area contributed by atoms with Crippen molar-refractivity contribution in [2.45, 2.75) is 45.1 Å². The Labute approximate surface area is 115 Å². The molecule has 1 fully saturated rings. The summed E-state index contributed by atoms with van der Waals surface area (Å²) >= 11 is 1.86. The molecule has 2 rings (SSSR count). The van der Waals surface area contributed by atoms with Crippen molar-refractivity contribution in [1.29, 1.82) is 0 Å². The Balaban J connectivity index is 1.90. The van der Waals surface area contributed by atoms with E-state index in [4.69, 9.17) is 4.98 Å². The van der Waals surface area contributed by atoms with Gasteiger partial charge in [0.1, 0.15) is 0 Å². The summed E-state index contributed by atoms with van der Waals surface area (Å²) in [7, 11) is 2.01. The maximum Gasteiger partial charge on any atom is 0.0960 e. The van der Waals surface area contributed by atoms with Crippen LogP contribution in [0.2, 0.25) is 0 Å². The third kappa shape index (κ3) is 3.53. The number of likely N-dealkylation sites (N-methyl/N-ethyl adjacent to an activating group) is 1. The van der Waals surface area contributed by atoms with E-state index in [1.54, 1.807) is 0 Å². The van der Waals surface area contributed by atoms with Gasteiger partial charge in [-0.2, -0.15) is 0 Å². The molecule has 1 unspecified atom stereocenters. The van der Waals surface area contributed by atoms with E-state index in [1.807, 2.05) is 18.4 Å². The summed E-state index contributed by atoms with van der Waals surface area (Å²) in [6.07, 6.45) is 3.60. The first-order valence-corrected chi connectivity index (χ1v) is 7.94. The normalized spacial score (nSPS) is 20.2. The van der Waals surface area contributed by atoms with Gasteiger partial charge in [0.15, 0.2) is 0 Å². The quantitative estimate of drug-likeness (QED) is 0.888. The highest BCUT2D eigenvalue weighted by molar-refractivity contribution is 7.09. The monoisotopic (exact) mass is 267 g/mol. The van der Waals surface area contributed by atoms with E-state index in [0.29, 0.717) is 12.0 Å². The molecule has 0 aliphatic carbocycles. The SMILES string of the molecule is CCN1CCC(c2nc(CC(C)NC)cs2)CC1. The van der Waals surface area contributed by atoms with E-state index < -0.39 is 0 Å². The largest absolute Gasteiger partial charge is 0.317 e. The molecule has 0 amide bonds. The van der Waals surface area contributed by atoms with E-state index in [1.165, 1.54) is 43.2 Å². The van der Waals surface area contributed by atoms with Gasteiger partial charge in [-0.05, 0) is 46.4 Å². The molecule has 1 saturated heterocycles. The number of thiazole rings is 1. The van der Waals surface area contributed by atoms with Gasteiger partial charge < -0.3 is 10.2 Å². The van der Waals surface area contributed by atoms with Gasteiger partial charge in [0.2, 0.25) is 0 Å². The molecule has 102 valence electrons. The summed E-state index contributed by atoms with van der Waals surface area (Å²) in [5, 5.41) is 6.88. The Morgan fingerprint density at radius 2 is 2.22 bits per heavy atom. The fraction of sp³-hybridized carbons (Fsp3) is 0.786. The minimum absolute atomic E-state index is 0.516. The Kier molecular flexibility index (Phi) is 5.15. The first-order chi connectivity index (χ1) is 8.72. The predicted molar refractivity (Wildman–Crippen MR) is 78.4 cm³/mol. The summed E-state index contributed by atoms with van der Waals surface area (Å²) < 4.78 is 0. The lowest BCUT2D eigenvalue weighted by molar-refractivity contribution is 0.222. The lowest BCUT2D eigenvalue weighted by atomic mass is 9.97. The molecule has 1 atom stereocenters. The van der Waals surface area contributed by atoms with E-state index in [9.17, 15) is 0 Å². The Morgan fingerprint density at radius 3 is 2.83 bits per heavy atom. The van der Waals surface area contributed by atoms with Crippen molar-refractivity contribution in [3.8, 4) is 0 Å². The minimum Gasteiger partial charge on any atom is -0.317 e. The number of likely N-dealkylation sites (tertiary alicyclic amines) is 1. The van der Waals surface area contributed by atoms with Crippen LogP contribution >= 0.6 is 11.3 Å². The first kappa shape index (κ1) is 14.0. The van der Waals surface area contributed by atoms with Gasteiger partial charge >= 0.3 is 0 Å². The average molecular weight is 267 g/mol. The second-order valence-electron chi connectivity index (χ2n) is 5.28. The summed E-state index contributed by atoms with van der Waals surface area (Å²) in [5.41, 5.74) is 1.26. The molecule has 1 N–H and O–H groups in total. The highest BCUT2D eigenvalue weighted by atomic mass is 32.1. The van der Waals surface area contributed by atoms with Gasteiger partial charge in [0, 0.05) is 23.8 Å². The molecular weight excluding hydrogens is 242 g/mol. The number of hydrogen-bond donors (Lipinski definition) is 1. The number of aromatic nitrogens is 1. The molecule has 1 aromatic rings. The van der Waals surface area contributed by atoms with Crippen LogP contribution in [-0.2, 0) is 6.42 Å². The molecule has 3 nitrogen and oxygen atoms in total. The number of rotatable bonds is 5. The van der Waals surface area contributed by atoms with Crippen molar-refractivity contribution in [3.05, 3.63) is 16.1 Å². The van der Waals surface area contributed by atoms with Crippen LogP contribution in [-0.4, -0.2) is 42.6 Å². The molecule has 4 heteroatoms. The fourth-order valence-electron chi connectivity index (χ4n) is 2.52. The van der Waals surface area contributed by atoms with Crippen molar-refractivity contribution < 1.29 is 0 Å². The third-order valence-corrected chi connectivity index (χ3v) is 5.02. The average Bonchev–Trinajstić information content (AvgIpc) is 2.87. The molecule has 18 heavy (non-hydrogen) atoms. The smallest absolute Gasteiger partial charge is 0.0960 e. The molecule has 0 bridgehead atoms. The lowest BCUT2D eigenvalue weighted by Gasteiger charge is -2.29. The molecular formula is C14H25N3S. The van der Waals surface area contributed by atoms with E-state index in [2.05, 4.69) is 29.4 Å².